The van der Waals surface area contributed by atoms with Gasteiger partial charge < -0.3 is 9.80 Å². The van der Waals surface area contributed by atoms with Crippen molar-refractivity contribution in [3.63, 3.8) is 0 Å². The molecule has 170 valence electrons. The molecule has 4 bridgehead atoms. The molecule has 7 rings (SSSR count). The molecule has 0 atom stereocenters. The van der Waals surface area contributed by atoms with Gasteiger partial charge in [-0.25, -0.2) is 9.69 Å². The number of urea groups is 1. The molecular weight excluding hydrogens is 402 g/mol. The number of benzene rings is 1. The maximum absolute atomic E-state index is 13.2. The Bertz CT molecular complexity index is 886. The van der Waals surface area contributed by atoms with Crippen LogP contribution in [0.15, 0.2) is 30.3 Å². The number of hydrogen-bond donors (Lipinski definition) is 0. The third kappa shape index (κ3) is 3.43. The van der Waals surface area contributed by atoms with E-state index in [1.165, 1.54) is 43.4 Å². The zero-order chi connectivity index (χ0) is 21.9. The molecule has 0 N–H and O–H groups in total. The van der Waals surface area contributed by atoms with E-state index in [1.807, 2.05) is 23.1 Å². The van der Waals surface area contributed by atoms with E-state index in [2.05, 4.69) is 0 Å². The molecule has 1 aromatic rings. The van der Waals surface area contributed by atoms with Crippen LogP contribution in [-0.4, -0.2) is 53.3 Å². The molecule has 0 unspecified atom stereocenters. The van der Waals surface area contributed by atoms with Crippen molar-refractivity contribution in [2.45, 2.75) is 63.8 Å². The largest absolute Gasteiger partial charge is 0.343 e. The lowest BCUT2D eigenvalue weighted by Gasteiger charge is -2.57. The van der Waals surface area contributed by atoms with Gasteiger partial charge in [0.2, 0.25) is 5.91 Å². The number of hydrogen-bond acceptors (Lipinski definition) is 3. The predicted molar refractivity (Wildman–Crippen MR) is 121 cm³/mol. The van der Waals surface area contributed by atoms with Gasteiger partial charge in [0.25, 0.3) is 5.91 Å². The molecule has 0 spiro atoms. The molecule has 1 aromatic carbocycles. The number of likely N-dealkylation sites (tertiary alicyclic amines) is 1. The Kier molecular flexibility index (Phi) is 4.81. The smallest absolute Gasteiger partial charge is 0.332 e. The van der Waals surface area contributed by atoms with Crippen LogP contribution in [0, 0.1) is 23.2 Å². The van der Waals surface area contributed by atoms with E-state index in [1.54, 1.807) is 17.0 Å². The highest BCUT2D eigenvalue weighted by Crippen LogP contribution is 2.61. The molecule has 6 aliphatic rings. The van der Waals surface area contributed by atoms with Crippen molar-refractivity contribution in [3.8, 4) is 0 Å². The maximum Gasteiger partial charge on any atom is 0.332 e. The molecule has 2 heterocycles. The summed E-state index contributed by atoms with van der Waals surface area (Å²) >= 11 is 0. The Morgan fingerprint density at radius 1 is 0.906 bits per heavy atom. The van der Waals surface area contributed by atoms with Crippen LogP contribution in [0.1, 0.15) is 57.8 Å². The number of anilines is 1. The number of amides is 4. The van der Waals surface area contributed by atoms with Crippen LogP contribution >= 0.6 is 0 Å². The average molecular weight is 436 g/mol. The van der Waals surface area contributed by atoms with E-state index in [4.69, 9.17) is 0 Å². The van der Waals surface area contributed by atoms with Gasteiger partial charge in [-0.3, -0.25) is 9.59 Å². The summed E-state index contributed by atoms with van der Waals surface area (Å²) in [7, 11) is 0. The van der Waals surface area contributed by atoms with Crippen LogP contribution in [0.3, 0.4) is 0 Å². The molecule has 4 aliphatic carbocycles. The Morgan fingerprint density at radius 2 is 1.50 bits per heavy atom. The summed E-state index contributed by atoms with van der Waals surface area (Å²) < 4.78 is 0. The second-order valence-electron chi connectivity index (χ2n) is 11.2. The monoisotopic (exact) mass is 435 g/mol. The molecule has 2 saturated heterocycles. The number of piperidine rings is 1. The van der Waals surface area contributed by atoms with E-state index in [0.29, 0.717) is 24.7 Å². The van der Waals surface area contributed by atoms with E-state index in [9.17, 15) is 14.4 Å². The molecule has 0 aromatic heterocycles. The van der Waals surface area contributed by atoms with E-state index in [-0.39, 0.29) is 29.9 Å². The maximum atomic E-state index is 13.2. The van der Waals surface area contributed by atoms with Crippen LogP contribution in [0.5, 0.6) is 0 Å². The lowest BCUT2D eigenvalue weighted by molar-refractivity contribution is -0.141. The first kappa shape index (κ1) is 20.3. The lowest BCUT2D eigenvalue weighted by Crippen LogP contribution is -2.51. The van der Waals surface area contributed by atoms with Gasteiger partial charge in [0, 0.05) is 25.6 Å². The molecule has 0 radical (unpaired) electrons. The Hall–Kier alpha value is -2.37. The third-order valence-electron chi connectivity index (χ3n) is 8.96. The summed E-state index contributed by atoms with van der Waals surface area (Å²) in [6.07, 6.45) is 10.2. The summed E-state index contributed by atoms with van der Waals surface area (Å²) in [5.74, 6) is 2.75. The van der Waals surface area contributed by atoms with Gasteiger partial charge in [-0.1, -0.05) is 18.2 Å². The lowest BCUT2D eigenvalue weighted by atomic mass is 9.49. The van der Waals surface area contributed by atoms with Gasteiger partial charge in [0.15, 0.2) is 0 Å². The normalized spacial score (nSPS) is 34.6. The van der Waals surface area contributed by atoms with Gasteiger partial charge in [-0.2, -0.15) is 0 Å². The van der Waals surface area contributed by atoms with Crippen molar-refractivity contribution < 1.29 is 14.4 Å². The minimum absolute atomic E-state index is 0.0313. The summed E-state index contributed by atoms with van der Waals surface area (Å²) in [5, 5.41) is 0. The van der Waals surface area contributed by atoms with Crippen LogP contribution in [0.4, 0.5) is 10.5 Å². The second kappa shape index (κ2) is 7.60. The molecule has 6 fully saturated rings. The minimum Gasteiger partial charge on any atom is -0.343 e. The summed E-state index contributed by atoms with van der Waals surface area (Å²) in [6.45, 7) is 1.53. The zero-order valence-corrected chi connectivity index (χ0v) is 18.7. The number of rotatable bonds is 4. The third-order valence-corrected chi connectivity index (χ3v) is 8.96. The van der Waals surface area contributed by atoms with Crippen molar-refractivity contribution in [2.24, 2.45) is 23.2 Å². The fourth-order valence-electron chi connectivity index (χ4n) is 8.00. The van der Waals surface area contributed by atoms with Gasteiger partial charge >= 0.3 is 6.03 Å². The highest BCUT2D eigenvalue weighted by Gasteiger charge is 2.52. The number of carbonyl (C=O) groups is 3. The number of carbonyl (C=O) groups excluding carboxylic acids is 3. The molecule has 2 aliphatic heterocycles. The summed E-state index contributed by atoms with van der Waals surface area (Å²) in [6, 6.07) is 8.96. The summed E-state index contributed by atoms with van der Waals surface area (Å²) in [4.78, 5) is 43.9. The van der Waals surface area contributed by atoms with Crippen molar-refractivity contribution in [1.82, 2.24) is 9.80 Å². The highest BCUT2D eigenvalue weighted by molar-refractivity contribution is 6.19. The molecule has 32 heavy (non-hydrogen) atoms. The van der Waals surface area contributed by atoms with Crippen LogP contribution in [-0.2, 0) is 9.59 Å². The number of para-hydroxylation sites is 1. The molecule has 4 saturated carbocycles. The minimum atomic E-state index is -0.223. The predicted octanol–water partition coefficient (Wildman–Crippen LogP) is 4.05. The standard InChI is InChI=1S/C26H33N3O3/c30-23(16-26-13-18-10-19(14-26)12-20(11-18)15-26)27-8-6-21(7-9-27)28-17-24(31)29(25(28)32)22-4-2-1-3-5-22/h1-5,18-21H,6-17H2. The van der Waals surface area contributed by atoms with Gasteiger partial charge in [0.05, 0.1) is 5.69 Å². The number of imide groups is 1. The van der Waals surface area contributed by atoms with E-state index in [0.717, 1.165) is 37.0 Å². The summed E-state index contributed by atoms with van der Waals surface area (Å²) in [5.41, 5.74) is 0.907. The number of nitrogens with zero attached hydrogens (tertiary/aromatic N) is 3. The first-order valence-corrected chi connectivity index (χ1v) is 12.5. The fourth-order valence-corrected chi connectivity index (χ4v) is 8.00. The van der Waals surface area contributed by atoms with Gasteiger partial charge in [0.1, 0.15) is 6.54 Å². The molecular formula is C26H33N3O3. The van der Waals surface area contributed by atoms with Crippen LogP contribution < -0.4 is 4.90 Å². The van der Waals surface area contributed by atoms with Crippen molar-refractivity contribution in [1.29, 1.82) is 0 Å². The quantitative estimate of drug-likeness (QED) is 0.671. The first-order valence-electron chi connectivity index (χ1n) is 12.5. The Labute approximate surface area is 189 Å². The highest BCUT2D eigenvalue weighted by atomic mass is 16.2. The van der Waals surface area contributed by atoms with Gasteiger partial charge in [-0.05, 0) is 86.7 Å². The Balaban J connectivity index is 1.06. The molecule has 6 heteroatoms. The first-order chi connectivity index (χ1) is 15.5. The van der Waals surface area contributed by atoms with Gasteiger partial charge in [-0.15, -0.1) is 0 Å². The van der Waals surface area contributed by atoms with Crippen LogP contribution in [0.2, 0.25) is 0 Å². The van der Waals surface area contributed by atoms with E-state index >= 15 is 0 Å². The molecule has 4 amide bonds. The molecule has 6 nitrogen and oxygen atoms in total. The van der Waals surface area contributed by atoms with Crippen molar-refractivity contribution in [2.75, 3.05) is 24.5 Å². The zero-order valence-electron chi connectivity index (χ0n) is 18.7. The fraction of sp³-hybridized carbons (Fsp3) is 0.654. The average Bonchev–Trinajstić information content (AvgIpc) is 3.07. The topological polar surface area (TPSA) is 60.9 Å². The van der Waals surface area contributed by atoms with Crippen molar-refractivity contribution >= 4 is 23.5 Å². The van der Waals surface area contributed by atoms with Crippen molar-refractivity contribution in [3.05, 3.63) is 30.3 Å². The van der Waals surface area contributed by atoms with E-state index < -0.39 is 0 Å². The SMILES string of the molecule is O=C(CC12CC3CC(CC(C3)C1)C2)N1CCC(N2CC(=O)N(c3ccccc3)C2=O)CC1. The second-order valence-corrected chi connectivity index (χ2v) is 11.2. The van der Waals surface area contributed by atoms with Crippen LogP contribution in [0.25, 0.3) is 0 Å². The Morgan fingerprint density at radius 3 is 2.09 bits per heavy atom.